The molecule has 0 spiro atoms. The summed E-state index contributed by atoms with van der Waals surface area (Å²) in [4.78, 5) is 32.9. The van der Waals surface area contributed by atoms with E-state index in [1.54, 1.807) is 13.3 Å². The number of nitrogens with zero attached hydrogens (tertiary/aromatic N) is 1. The monoisotopic (exact) mass is 619 g/mol. The molecule has 0 amide bonds. The minimum Gasteiger partial charge on any atom is -0.496 e. The Labute approximate surface area is 262 Å². The Hall–Kier alpha value is -3.60. The van der Waals surface area contributed by atoms with Crippen LogP contribution in [0.5, 0.6) is 5.75 Å². The standard InChI is InChI=1S/C34H41N3O6S/c1-4-10-27(38)34(15-8-5-9-16-34)31(35)29(39)28-22(2)30(32-36-17-20-42-32)44-33(28)37-21-26(43-23-13-18-41-19-14-23)24-11-6-7-12-25(24)40-3/h5-8,11-12,17,20,23,26,35,37H,4,9-10,13-16,18-19,21H2,1-3H3. The van der Waals surface area contributed by atoms with E-state index >= 15 is 0 Å². The summed E-state index contributed by atoms with van der Waals surface area (Å²) in [5, 5.41) is 13.3. The number of ketones is 2. The van der Waals surface area contributed by atoms with Gasteiger partial charge in [-0.15, -0.1) is 11.3 Å². The molecule has 44 heavy (non-hydrogen) atoms. The van der Waals surface area contributed by atoms with Crippen molar-refractivity contribution >= 4 is 33.6 Å². The molecule has 9 nitrogen and oxygen atoms in total. The second-order valence-electron chi connectivity index (χ2n) is 11.3. The van der Waals surface area contributed by atoms with Crippen LogP contribution in [0.15, 0.2) is 53.3 Å². The van der Waals surface area contributed by atoms with E-state index in [2.05, 4.69) is 10.3 Å². The molecule has 234 valence electrons. The number of methoxy groups -OCH3 is 1. The highest BCUT2D eigenvalue weighted by atomic mass is 32.1. The maximum Gasteiger partial charge on any atom is 0.236 e. The van der Waals surface area contributed by atoms with Crippen LogP contribution in [-0.4, -0.2) is 55.2 Å². The first-order valence-corrected chi connectivity index (χ1v) is 16.2. The van der Waals surface area contributed by atoms with Gasteiger partial charge in [-0.3, -0.25) is 9.59 Å². The number of hydrogen-bond donors (Lipinski definition) is 2. The van der Waals surface area contributed by atoms with Gasteiger partial charge in [0.05, 0.1) is 41.0 Å². The quantitative estimate of drug-likeness (QED) is 0.109. The van der Waals surface area contributed by atoms with Gasteiger partial charge < -0.3 is 29.4 Å². The number of aromatic nitrogens is 1. The number of anilines is 1. The molecule has 1 saturated heterocycles. The average Bonchev–Trinajstić information content (AvgIpc) is 3.71. The summed E-state index contributed by atoms with van der Waals surface area (Å²) in [6.45, 7) is 5.44. The largest absolute Gasteiger partial charge is 0.496 e. The maximum absolute atomic E-state index is 14.4. The van der Waals surface area contributed by atoms with Crippen LogP contribution >= 0.6 is 11.3 Å². The average molecular weight is 620 g/mol. The van der Waals surface area contributed by atoms with Gasteiger partial charge in [-0.05, 0) is 57.1 Å². The molecule has 0 radical (unpaired) electrons. The Balaban J connectivity index is 1.51. The van der Waals surface area contributed by atoms with Gasteiger partial charge in [0.25, 0.3) is 0 Å². The second-order valence-corrected chi connectivity index (χ2v) is 12.4. The summed E-state index contributed by atoms with van der Waals surface area (Å²) in [6.07, 6.45) is 10.7. The van der Waals surface area contributed by atoms with Crippen molar-refractivity contribution in [2.45, 2.75) is 71.0 Å². The first-order chi connectivity index (χ1) is 21.4. The number of rotatable bonds is 14. The summed E-state index contributed by atoms with van der Waals surface area (Å²) in [6, 6.07) is 7.78. The molecule has 3 heterocycles. The zero-order valence-corrected chi connectivity index (χ0v) is 26.5. The first-order valence-electron chi connectivity index (χ1n) is 15.3. The summed E-state index contributed by atoms with van der Waals surface area (Å²) in [5.74, 6) is 0.629. The highest BCUT2D eigenvalue weighted by molar-refractivity contribution is 7.20. The van der Waals surface area contributed by atoms with E-state index in [0.717, 1.165) is 18.4 Å². The first kappa shape index (κ1) is 31.8. The van der Waals surface area contributed by atoms with E-state index in [0.29, 0.717) is 84.5 Å². The van der Waals surface area contributed by atoms with E-state index in [1.807, 2.05) is 50.3 Å². The number of para-hydroxylation sites is 1. The molecular formula is C34H41N3O6S. The van der Waals surface area contributed by atoms with E-state index in [4.69, 9.17) is 18.6 Å². The van der Waals surface area contributed by atoms with Crippen LogP contribution in [0.1, 0.15) is 79.5 Å². The SMILES string of the molecule is CCCC(=O)C1(C(=N)C(=O)c2c(NCC(OC3CCOCC3)c3ccccc3OC)sc(-c3ncco3)c2C)CC=CCC1. The number of ether oxygens (including phenoxy) is 3. The fraction of sp³-hybridized carbons (Fsp3) is 0.471. The molecule has 10 heteroatoms. The van der Waals surface area contributed by atoms with E-state index in [9.17, 15) is 15.0 Å². The Morgan fingerprint density at radius 3 is 2.70 bits per heavy atom. The number of Topliss-reactive ketones (excluding diaryl/α,β-unsaturated/α-hetero) is 2. The molecule has 2 unspecified atom stereocenters. The molecule has 1 fully saturated rings. The fourth-order valence-electron chi connectivity index (χ4n) is 6.11. The van der Waals surface area contributed by atoms with Crippen molar-refractivity contribution in [3.8, 4) is 16.5 Å². The lowest BCUT2D eigenvalue weighted by atomic mass is 9.67. The van der Waals surface area contributed by atoms with Crippen molar-refractivity contribution in [3.05, 3.63) is 65.6 Å². The Bertz CT molecular complexity index is 1490. The zero-order valence-electron chi connectivity index (χ0n) is 25.6. The van der Waals surface area contributed by atoms with Gasteiger partial charge in [-0.2, -0.15) is 0 Å². The van der Waals surface area contributed by atoms with Gasteiger partial charge >= 0.3 is 0 Å². The van der Waals surface area contributed by atoms with Crippen molar-refractivity contribution in [1.82, 2.24) is 4.98 Å². The molecule has 3 aromatic rings. The number of thiophene rings is 1. The number of carbonyl (C=O) groups excluding carboxylic acids is 2. The predicted molar refractivity (Wildman–Crippen MR) is 171 cm³/mol. The third kappa shape index (κ3) is 6.57. The van der Waals surface area contributed by atoms with Gasteiger partial charge in [-0.1, -0.05) is 37.3 Å². The molecule has 2 atom stereocenters. The molecule has 2 aliphatic rings. The highest BCUT2D eigenvalue weighted by Gasteiger charge is 2.45. The van der Waals surface area contributed by atoms with Crippen LogP contribution in [0.3, 0.4) is 0 Å². The smallest absolute Gasteiger partial charge is 0.236 e. The number of benzene rings is 1. The summed E-state index contributed by atoms with van der Waals surface area (Å²) in [7, 11) is 1.64. The van der Waals surface area contributed by atoms with Crippen molar-refractivity contribution in [2.24, 2.45) is 5.41 Å². The molecule has 1 aliphatic carbocycles. The van der Waals surface area contributed by atoms with Gasteiger partial charge in [0, 0.05) is 31.7 Å². The van der Waals surface area contributed by atoms with Crippen LogP contribution in [0.4, 0.5) is 5.00 Å². The minimum absolute atomic E-state index is 0.0199. The van der Waals surface area contributed by atoms with E-state index in [1.165, 1.54) is 17.6 Å². The number of nitrogens with one attached hydrogen (secondary N) is 2. The number of oxazole rings is 1. The zero-order chi connectivity index (χ0) is 31.1. The molecule has 1 aliphatic heterocycles. The van der Waals surface area contributed by atoms with Gasteiger partial charge in [0.1, 0.15) is 28.9 Å². The van der Waals surface area contributed by atoms with Crippen LogP contribution in [0.2, 0.25) is 0 Å². The number of carbonyl (C=O) groups is 2. The van der Waals surface area contributed by atoms with Crippen molar-refractivity contribution in [2.75, 3.05) is 32.2 Å². The Morgan fingerprint density at radius 2 is 2.02 bits per heavy atom. The van der Waals surface area contributed by atoms with Crippen LogP contribution < -0.4 is 10.1 Å². The van der Waals surface area contributed by atoms with E-state index < -0.39 is 11.2 Å². The molecule has 0 saturated carbocycles. The Kier molecular flexibility index (Phi) is 10.5. The maximum atomic E-state index is 14.4. The van der Waals surface area contributed by atoms with Crippen molar-refractivity contribution in [3.63, 3.8) is 0 Å². The fourth-order valence-corrected chi connectivity index (χ4v) is 7.26. The lowest BCUT2D eigenvalue weighted by Gasteiger charge is -2.33. The lowest BCUT2D eigenvalue weighted by Crippen LogP contribution is -2.43. The van der Waals surface area contributed by atoms with Crippen molar-refractivity contribution < 1.29 is 28.2 Å². The predicted octanol–water partition coefficient (Wildman–Crippen LogP) is 7.37. The summed E-state index contributed by atoms with van der Waals surface area (Å²) >= 11 is 1.36. The number of allylic oxidation sites excluding steroid dienone is 2. The van der Waals surface area contributed by atoms with Crippen molar-refractivity contribution in [1.29, 1.82) is 5.41 Å². The summed E-state index contributed by atoms with van der Waals surface area (Å²) in [5.41, 5.74) is 0.661. The molecule has 2 N–H and O–H groups in total. The van der Waals surface area contributed by atoms with Crippen LogP contribution in [-0.2, 0) is 14.3 Å². The van der Waals surface area contributed by atoms with Crippen LogP contribution in [0.25, 0.3) is 10.8 Å². The van der Waals surface area contributed by atoms with Gasteiger partial charge in [0.15, 0.2) is 0 Å². The minimum atomic E-state index is -1.12. The Morgan fingerprint density at radius 1 is 1.23 bits per heavy atom. The van der Waals surface area contributed by atoms with Crippen LogP contribution in [0, 0.1) is 17.7 Å². The molecule has 2 aromatic heterocycles. The molecule has 0 bridgehead atoms. The second kappa shape index (κ2) is 14.5. The molecular weight excluding hydrogens is 578 g/mol. The molecule has 5 rings (SSSR count). The number of hydrogen-bond acceptors (Lipinski definition) is 10. The highest BCUT2D eigenvalue weighted by Crippen LogP contribution is 2.43. The van der Waals surface area contributed by atoms with Gasteiger partial charge in [-0.25, -0.2) is 4.98 Å². The molecule has 1 aromatic carbocycles. The van der Waals surface area contributed by atoms with Gasteiger partial charge in [0.2, 0.25) is 11.7 Å². The summed E-state index contributed by atoms with van der Waals surface area (Å²) < 4.78 is 23.5. The normalized spacial score (nSPS) is 19.4. The van der Waals surface area contributed by atoms with E-state index in [-0.39, 0.29) is 23.7 Å². The lowest BCUT2D eigenvalue weighted by molar-refractivity contribution is -0.125. The third-order valence-electron chi connectivity index (χ3n) is 8.55. The third-order valence-corrected chi connectivity index (χ3v) is 9.78. The topological polar surface area (TPSA) is 124 Å².